The summed E-state index contributed by atoms with van der Waals surface area (Å²) in [7, 11) is 0. The molecular formula is C12H18N2O2. The van der Waals surface area contributed by atoms with Crippen LogP contribution in [0.4, 0.5) is 11.4 Å². The van der Waals surface area contributed by atoms with Crippen molar-refractivity contribution in [3.8, 4) is 0 Å². The molecule has 2 saturated heterocycles. The average Bonchev–Trinajstić information content (AvgIpc) is 3.06. The monoisotopic (exact) mass is 222 g/mol. The fourth-order valence-electron chi connectivity index (χ4n) is 1.44. The molecule has 4 nitrogen and oxygen atoms in total. The number of rotatable bonds is 1. The molecule has 88 valence electrons. The molecule has 2 atom stereocenters. The summed E-state index contributed by atoms with van der Waals surface area (Å²) in [5.74, 6) is 0. The summed E-state index contributed by atoms with van der Waals surface area (Å²) in [5, 5.41) is 0. The highest BCUT2D eigenvalue weighted by molar-refractivity contribution is 5.60. The third-order valence-corrected chi connectivity index (χ3v) is 2.69. The number of nitrogen functional groups attached to an aromatic ring is 2. The van der Waals surface area contributed by atoms with E-state index in [1.54, 1.807) is 6.07 Å². The summed E-state index contributed by atoms with van der Waals surface area (Å²) in [4.78, 5) is 0. The van der Waals surface area contributed by atoms with Gasteiger partial charge >= 0.3 is 0 Å². The van der Waals surface area contributed by atoms with E-state index in [1.165, 1.54) is 0 Å². The molecule has 2 unspecified atom stereocenters. The van der Waals surface area contributed by atoms with E-state index in [0.717, 1.165) is 30.0 Å². The van der Waals surface area contributed by atoms with E-state index in [2.05, 4.69) is 6.92 Å². The Labute approximate surface area is 95.5 Å². The molecule has 0 spiro atoms. The fraction of sp³-hybridized carbons (Fsp3) is 0.500. The van der Waals surface area contributed by atoms with Crippen LogP contribution in [0.2, 0.25) is 0 Å². The van der Waals surface area contributed by atoms with Crippen molar-refractivity contribution in [2.75, 3.05) is 24.7 Å². The van der Waals surface area contributed by atoms with Gasteiger partial charge in [-0.3, -0.25) is 0 Å². The lowest BCUT2D eigenvalue weighted by Gasteiger charge is -2.07. The van der Waals surface area contributed by atoms with Gasteiger partial charge in [0.2, 0.25) is 0 Å². The van der Waals surface area contributed by atoms with E-state index in [-0.39, 0.29) is 6.10 Å². The first-order valence-electron chi connectivity index (χ1n) is 5.46. The summed E-state index contributed by atoms with van der Waals surface area (Å²) in [5.41, 5.74) is 15.1. The molecule has 4 N–H and O–H groups in total. The van der Waals surface area contributed by atoms with E-state index in [0.29, 0.717) is 11.8 Å². The third-order valence-electron chi connectivity index (χ3n) is 2.69. The number of epoxide rings is 2. The molecule has 1 aromatic rings. The van der Waals surface area contributed by atoms with Crippen molar-refractivity contribution in [1.82, 2.24) is 0 Å². The van der Waals surface area contributed by atoms with Crippen LogP contribution >= 0.6 is 0 Å². The quantitative estimate of drug-likeness (QED) is 0.559. The van der Waals surface area contributed by atoms with Crippen molar-refractivity contribution >= 4 is 11.4 Å². The maximum Gasteiger partial charge on any atom is 0.106 e. The van der Waals surface area contributed by atoms with Gasteiger partial charge < -0.3 is 20.9 Å². The molecule has 4 heteroatoms. The highest BCUT2D eigenvalue weighted by Crippen LogP contribution is 2.35. The van der Waals surface area contributed by atoms with Crippen LogP contribution in [0.5, 0.6) is 0 Å². The Balaban J connectivity index is 0.000000203. The fourth-order valence-corrected chi connectivity index (χ4v) is 1.44. The summed E-state index contributed by atoms with van der Waals surface area (Å²) >= 11 is 0. The number of anilines is 2. The predicted octanol–water partition coefficient (Wildman–Crippen LogP) is 1.64. The third kappa shape index (κ3) is 2.87. The van der Waals surface area contributed by atoms with E-state index in [1.807, 2.05) is 13.0 Å². The van der Waals surface area contributed by atoms with Gasteiger partial charge in [0, 0.05) is 11.4 Å². The Morgan fingerprint density at radius 1 is 1.19 bits per heavy atom. The Hall–Kier alpha value is -1.26. The maximum atomic E-state index is 5.75. The first-order valence-corrected chi connectivity index (χ1v) is 5.46. The molecule has 0 amide bonds. The largest absolute Gasteiger partial charge is 0.399 e. The average molecular weight is 222 g/mol. The first-order chi connectivity index (χ1) is 7.58. The standard InChI is InChI=1S/C9H12N2O.C3H6O/c1-5-7(9-4-12-9)2-6(10)3-8(5)11;1-3-2-4-3/h2-3,9H,4,10-11H2,1H3;3H,2H2,1H3. The summed E-state index contributed by atoms with van der Waals surface area (Å²) in [6.45, 7) is 5.83. The van der Waals surface area contributed by atoms with Crippen LogP contribution in [0.25, 0.3) is 0 Å². The topological polar surface area (TPSA) is 77.1 Å². The van der Waals surface area contributed by atoms with Gasteiger partial charge in [0.15, 0.2) is 0 Å². The van der Waals surface area contributed by atoms with Crippen molar-refractivity contribution in [2.45, 2.75) is 26.1 Å². The van der Waals surface area contributed by atoms with Gasteiger partial charge in [-0.05, 0) is 37.1 Å². The SMILES string of the molecule is CC1CO1.Cc1c(N)cc(N)cc1C1CO1. The first kappa shape index (κ1) is 11.2. The van der Waals surface area contributed by atoms with Crippen LogP contribution in [0, 0.1) is 6.92 Å². The molecule has 0 bridgehead atoms. The van der Waals surface area contributed by atoms with E-state index < -0.39 is 0 Å². The molecule has 2 heterocycles. The number of benzene rings is 1. The Morgan fingerprint density at radius 3 is 2.19 bits per heavy atom. The number of hydrogen-bond acceptors (Lipinski definition) is 4. The highest BCUT2D eigenvalue weighted by Gasteiger charge is 2.27. The van der Waals surface area contributed by atoms with Crippen molar-refractivity contribution in [3.63, 3.8) is 0 Å². The zero-order valence-electron chi connectivity index (χ0n) is 9.69. The second-order valence-electron chi connectivity index (χ2n) is 4.29. The molecule has 0 aromatic heterocycles. The minimum atomic E-state index is 0.232. The minimum absolute atomic E-state index is 0.232. The Kier molecular flexibility index (Phi) is 3.03. The van der Waals surface area contributed by atoms with Crippen molar-refractivity contribution in [3.05, 3.63) is 23.3 Å². The molecule has 3 rings (SSSR count). The van der Waals surface area contributed by atoms with Crippen LogP contribution in [0.3, 0.4) is 0 Å². The molecule has 1 aromatic carbocycles. The van der Waals surface area contributed by atoms with Crippen LogP contribution < -0.4 is 11.5 Å². The van der Waals surface area contributed by atoms with E-state index in [9.17, 15) is 0 Å². The normalized spacial score (nSPS) is 25.6. The molecule has 2 fully saturated rings. The molecule has 2 aliphatic rings. The van der Waals surface area contributed by atoms with Gasteiger partial charge in [-0.15, -0.1) is 0 Å². The Morgan fingerprint density at radius 2 is 1.75 bits per heavy atom. The van der Waals surface area contributed by atoms with Gasteiger partial charge in [0.05, 0.1) is 19.3 Å². The predicted molar refractivity (Wildman–Crippen MR) is 64.1 cm³/mol. The number of ether oxygens (including phenoxy) is 2. The van der Waals surface area contributed by atoms with Gasteiger partial charge in [-0.1, -0.05) is 0 Å². The second kappa shape index (κ2) is 4.31. The summed E-state index contributed by atoms with van der Waals surface area (Å²) in [6.07, 6.45) is 0.816. The smallest absolute Gasteiger partial charge is 0.106 e. The maximum absolute atomic E-state index is 5.75. The van der Waals surface area contributed by atoms with Gasteiger partial charge in [-0.25, -0.2) is 0 Å². The van der Waals surface area contributed by atoms with E-state index in [4.69, 9.17) is 20.9 Å². The van der Waals surface area contributed by atoms with Crippen molar-refractivity contribution in [2.24, 2.45) is 0 Å². The zero-order chi connectivity index (χ0) is 11.7. The molecule has 0 saturated carbocycles. The van der Waals surface area contributed by atoms with Crippen LogP contribution in [-0.4, -0.2) is 19.3 Å². The highest BCUT2D eigenvalue weighted by atomic mass is 16.6. The molecule has 0 radical (unpaired) electrons. The van der Waals surface area contributed by atoms with Gasteiger partial charge in [0.25, 0.3) is 0 Å². The van der Waals surface area contributed by atoms with Crippen LogP contribution in [0.1, 0.15) is 24.2 Å². The number of nitrogens with two attached hydrogens (primary N) is 2. The molecule has 2 aliphatic heterocycles. The molecule has 0 aliphatic carbocycles. The lowest BCUT2D eigenvalue weighted by molar-refractivity contribution is 0.415. The van der Waals surface area contributed by atoms with Crippen LogP contribution in [0.15, 0.2) is 12.1 Å². The van der Waals surface area contributed by atoms with Crippen LogP contribution in [-0.2, 0) is 9.47 Å². The molecule has 16 heavy (non-hydrogen) atoms. The zero-order valence-corrected chi connectivity index (χ0v) is 9.69. The summed E-state index contributed by atoms with van der Waals surface area (Å²) < 4.78 is 9.88. The van der Waals surface area contributed by atoms with Gasteiger partial charge in [0.1, 0.15) is 6.10 Å². The molecular weight excluding hydrogens is 204 g/mol. The Bertz CT molecular complexity index is 385. The summed E-state index contributed by atoms with van der Waals surface area (Å²) in [6, 6.07) is 3.71. The number of hydrogen-bond donors (Lipinski definition) is 2. The van der Waals surface area contributed by atoms with E-state index >= 15 is 0 Å². The van der Waals surface area contributed by atoms with Crippen molar-refractivity contribution in [1.29, 1.82) is 0 Å². The lowest BCUT2D eigenvalue weighted by atomic mass is 10.0. The van der Waals surface area contributed by atoms with Crippen molar-refractivity contribution < 1.29 is 9.47 Å². The second-order valence-corrected chi connectivity index (χ2v) is 4.29. The van der Waals surface area contributed by atoms with Gasteiger partial charge in [-0.2, -0.15) is 0 Å². The minimum Gasteiger partial charge on any atom is -0.399 e. The lowest BCUT2D eigenvalue weighted by Crippen LogP contribution is -1.97.